The maximum Gasteiger partial charge on any atom is 0.306 e. The zero-order valence-electron chi connectivity index (χ0n) is 44.1. The summed E-state index contributed by atoms with van der Waals surface area (Å²) in [6.07, 6.45) is -1.24. The summed E-state index contributed by atoms with van der Waals surface area (Å²) in [5, 5.41) is 13.7. The molecule has 13 nitrogen and oxygen atoms in total. The Morgan fingerprint density at radius 1 is 0.575 bits per heavy atom. The summed E-state index contributed by atoms with van der Waals surface area (Å²) in [5.74, 6) is 2.09. The van der Waals surface area contributed by atoms with Gasteiger partial charge in [-0.3, -0.25) is 9.59 Å². The van der Waals surface area contributed by atoms with Gasteiger partial charge in [0.15, 0.2) is 28.8 Å². The van der Waals surface area contributed by atoms with Crippen LogP contribution in [0, 0.1) is 0 Å². The summed E-state index contributed by atoms with van der Waals surface area (Å²) in [6.45, 7) is 13.3. The summed E-state index contributed by atoms with van der Waals surface area (Å²) in [4.78, 5) is 25.5. The molecule has 15 heteroatoms. The minimum absolute atomic E-state index is 0.00262. The molecule has 0 bridgehead atoms. The van der Waals surface area contributed by atoms with E-state index in [2.05, 4.69) is 90.1 Å². The normalized spacial score (nSPS) is 14.2. The highest BCUT2D eigenvalue weighted by atomic mass is 28.4. The lowest BCUT2D eigenvalue weighted by molar-refractivity contribution is -0.139. The number of carbonyl (C=O) groups is 2. The molecule has 0 saturated heterocycles. The van der Waals surface area contributed by atoms with E-state index in [0.29, 0.717) is 51.6 Å². The minimum Gasteiger partial charge on any atom is -0.493 e. The van der Waals surface area contributed by atoms with E-state index >= 15 is 0 Å². The average Bonchev–Trinajstić information content (AvgIpc) is 3.54. The van der Waals surface area contributed by atoms with Crippen LogP contribution in [-0.4, -0.2) is 102 Å². The number of hydrogen-bond acceptors (Lipinski definition) is 12. The van der Waals surface area contributed by atoms with Crippen LogP contribution in [-0.2, 0) is 13.6 Å². The predicted molar refractivity (Wildman–Crippen MR) is 289 cm³/mol. The molecular weight excluding hydrogens is 961 g/mol. The lowest BCUT2D eigenvalue weighted by Crippen LogP contribution is -2.68. The number of ether oxygens (including phenoxy) is 8. The fraction of sp³-hybridized carbons (Fsp3) is 0.345. The smallest absolute Gasteiger partial charge is 0.306 e. The molecule has 2 unspecified atom stereocenters. The van der Waals surface area contributed by atoms with Crippen molar-refractivity contribution in [1.29, 1.82) is 0 Å². The van der Waals surface area contributed by atoms with Crippen molar-refractivity contribution in [2.45, 2.75) is 76.7 Å². The molecule has 0 saturated carbocycles. The average molecular weight is 1030 g/mol. The zero-order valence-corrected chi connectivity index (χ0v) is 46.1. The van der Waals surface area contributed by atoms with Crippen molar-refractivity contribution in [3.05, 3.63) is 145 Å². The highest BCUT2D eigenvalue weighted by Crippen LogP contribution is 2.49. The predicted octanol–water partition coefficient (Wildman–Crippen LogP) is 9.13. The molecule has 0 radical (unpaired) electrons. The van der Waals surface area contributed by atoms with Gasteiger partial charge in [0.05, 0.1) is 66.9 Å². The number of carbonyl (C=O) groups excluding carboxylic acids is 1. The number of carboxylic acids is 1. The third-order valence-electron chi connectivity index (χ3n) is 12.9. The van der Waals surface area contributed by atoms with Crippen LogP contribution in [0.25, 0.3) is 0 Å². The first-order valence-electron chi connectivity index (χ1n) is 24.1. The van der Waals surface area contributed by atoms with Crippen LogP contribution in [0.5, 0.6) is 46.0 Å². The summed E-state index contributed by atoms with van der Waals surface area (Å²) in [7, 11) is 3.29. The fourth-order valence-electron chi connectivity index (χ4n) is 9.69. The first kappa shape index (κ1) is 55.5. The molecule has 1 aliphatic rings. The fourth-order valence-corrected chi connectivity index (χ4v) is 19.0. The lowest BCUT2D eigenvalue weighted by Gasteiger charge is -2.45. The highest BCUT2D eigenvalue weighted by Gasteiger charge is 2.53. The number of carboxylic acid groups (broad SMARTS) is 1. The van der Waals surface area contributed by atoms with Gasteiger partial charge in [-0.25, -0.2) is 0 Å². The Morgan fingerprint density at radius 2 is 0.986 bits per heavy atom. The van der Waals surface area contributed by atoms with Crippen LogP contribution in [0.3, 0.4) is 0 Å². The van der Waals surface area contributed by atoms with Crippen LogP contribution < -0.4 is 58.6 Å². The van der Waals surface area contributed by atoms with E-state index in [1.807, 2.05) is 72.8 Å². The van der Waals surface area contributed by atoms with Gasteiger partial charge in [0.25, 0.3) is 16.6 Å². The molecule has 1 N–H and O–H groups in total. The molecule has 388 valence electrons. The molecule has 0 aromatic heterocycles. The van der Waals surface area contributed by atoms with Crippen molar-refractivity contribution >= 4 is 49.1 Å². The van der Waals surface area contributed by atoms with Crippen LogP contribution in [0.15, 0.2) is 140 Å². The SMILES string of the molecule is COc1cc2c(c(OC)c1OC)OCC(O[Si](c1ccccc1)(c1ccccc1)C(C)(C)C)CC2=O.COc1ccc(OCC(CC(=O)O)O[Si](c2ccccc2)(c2ccccc2)C(C)(C)C)c(OC)c1OC. The third kappa shape index (κ3) is 11.9. The summed E-state index contributed by atoms with van der Waals surface area (Å²) in [5.41, 5.74) is 0.401. The Balaban J connectivity index is 0.000000238. The number of rotatable bonds is 19. The van der Waals surface area contributed by atoms with E-state index in [1.165, 1.54) is 35.5 Å². The standard InChI is InChI=1S/C29H36O7Si.C29H34O6Si/c1-29(2,3)37(22-13-9-7-10-14-22,23-15-11-8-12-16-23)36-21(19-26(30)31)20-35-25-18-17-24(32-4)27(33-5)28(25)34-6;1-29(2,3)36(21-13-9-7-10-14-21,22-15-11-8-12-16-22)35-20-17-24(30)23-18-25(31-4)27(32-5)28(33-6)26(23)34-19-20/h7-18,21H,19-20H2,1-6H3,(H,30,31);7-16,18,20H,17,19H2,1-6H3. The second-order valence-electron chi connectivity index (χ2n) is 19.5. The van der Waals surface area contributed by atoms with Gasteiger partial charge in [0, 0.05) is 6.42 Å². The van der Waals surface area contributed by atoms with Crippen LogP contribution in [0.2, 0.25) is 10.1 Å². The van der Waals surface area contributed by atoms with E-state index < -0.39 is 34.8 Å². The Labute approximate surface area is 432 Å². The molecule has 6 aromatic rings. The van der Waals surface area contributed by atoms with Gasteiger partial charge in [0.1, 0.15) is 13.2 Å². The van der Waals surface area contributed by atoms with Gasteiger partial charge >= 0.3 is 5.97 Å². The van der Waals surface area contributed by atoms with E-state index in [4.69, 9.17) is 46.7 Å². The van der Waals surface area contributed by atoms with Crippen molar-refractivity contribution in [1.82, 2.24) is 0 Å². The van der Waals surface area contributed by atoms with Crippen LogP contribution >= 0.6 is 0 Å². The highest BCUT2D eigenvalue weighted by molar-refractivity contribution is 7.00. The minimum atomic E-state index is -2.99. The number of Topliss-reactive ketones (excluding diaryl/α,β-unsaturated/α-hetero) is 1. The monoisotopic (exact) mass is 1030 g/mol. The van der Waals surface area contributed by atoms with Crippen molar-refractivity contribution in [3.63, 3.8) is 0 Å². The number of benzene rings is 6. The Kier molecular flexibility index (Phi) is 18.5. The Bertz CT molecular complexity index is 2660. The Hall–Kier alpha value is -6.79. The lowest BCUT2D eigenvalue weighted by atomic mass is 10.0. The van der Waals surface area contributed by atoms with Crippen molar-refractivity contribution in [3.8, 4) is 46.0 Å². The molecule has 2 atom stereocenters. The number of hydrogen-bond donors (Lipinski definition) is 1. The van der Waals surface area contributed by atoms with Crippen LogP contribution in [0.4, 0.5) is 0 Å². The molecular formula is C58H70O13Si2. The van der Waals surface area contributed by atoms with Crippen molar-refractivity contribution in [2.24, 2.45) is 0 Å². The molecule has 1 aliphatic heterocycles. The third-order valence-corrected chi connectivity index (χ3v) is 23.1. The molecule has 1 heterocycles. The van der Waals surface area contributed by atoms with Gasteiger partial charge < -0.3 is 51.9 Å². The molecule has 0 fully saturated rings. The second kappa shape index (κ2) is 24.3. The number of methoxy groups -OCH3 is 6. The van der Waals surface area contributed by atoms with Gasteiger partial charge in [-0.2, -0.15) is 0 Å². The summed E-state index contributed by atoms with van der Waals surface area (Å²) >= 11 is 0. The van der Waals surface area contributed by atoms with Gasteiger partial charge in [-0.1, -0.05) is 163 Å². The van der Waals surface area contributed by atoms with Gasteiger partial charge in [0.2, 0.25) is 23.0 Å². The molecule has 0 spiro atoms. The van der Waals surface area contributed by atoms with Crippen molar-refractivity contribution in [2.75, 3.05) is 55.9 Å². The van der Waals surface area contributed by atoms with E-state index in [1.54, 1.807) is 25.3 Å². The molecule has 0 aliphatic carbocycles. The van der Waals surface area contributed by atoms with E-state index in [-0.39, 0.29) is 41.9 Å². The van der Waals surface area contributed by atoms with E-state index in [0.717, 1.165) is 20.7 Å². The molecule has 73 heavy (non-hydrogen) atoms. The van der Waals surface area contributed by atoms with Crippen molar-refractivity contribution < 1.29 is 61.4 Å². The van der Waals surface area contributed by atoms with Gasteiger partial charge in [-0.05, 0) is 49.0 Å². The molecule has 7 rings (SSSR count). The zero-order chi connectivity index (χ0) is 53.0. The quantitative estimate of drug-likeness (QED) is 0.0771. The maximum absolute atomic E-state index is 13.6. The summed E-state index contributed by atoms with van der Waals surface area (Å²) in [6, 6.07) is 46.0. The molecule has 0 amide bonds. The number of fused-ring (bicyclic) bond motifs is 1. The first-order valence-corrected chi connectivity index (χ1v) is 28.0. The van der Waals surface area contributed by atoms with Gasteiger partial charge in [-0.15, -0.1) is 0 Å². The van der Waals surface area contributed by atoms with Crippen LogP contribution in [0.1, 0.15) is 64.7 Å². The molecule has 6 aromatic carbocycles. The summed E-state index contributed by atoms with van der Waals surface area (Å²) < 4.78 is 59.5. The topological polar surface area (TPSA) is 147 Å². The largest absolute Gasteiger partial charge is 0.493 e. The first-order chi connectivity index (χ1) is 34.9. The number of aliphatic carboxylic acids is 1. The second-order valence-corrected chi connectivity index (χ2v) is 28.0. The maximum atomic E-state index is 13.6. The number of ketones is 1. The van der Waals surface area contributed by atoms with E-state index in [9.17, 15) is 14.7 Å². The Morgan fingerprint density at radius 3 is 1.40 bits per heavy atom.